The zero-order chi connectivity index (χ0) is 14.0. The Balaban J connectivity index is 2.27. The highest BCUT2D eigenvalue weighted by molar-refractivity contribution is 6.31. The summed E-state index contributed by atoms with van der Waals surface area (Å²) in [5, 5.41) is 1.12. The predicted octanol–water partition coefficient (Wildman–Crippen LogP) is 4.35. The molecule has 2 nitrogen and oxygen atoms in total. The largest absolute Gasteiger partial charge is 0.397 e. The van der Waals surface area contributed by atoms with Crippen LogP contribution >= 0.6 is 23.2 Å². The summed E-state index contributed by atoms with van der Waals surface area (Å²) in [5.74, 6) is -0.313. The van der Waals surface area contributed by atoms with E-state index in [2.05, 4.69) is 0 Å². The number of nitrogen functional groups attached to an aromatic ring is 1. The van der Waals surface area contributed by atoms with Crippen molar-refractivity contribution in [2.45, 2.75) is 6.54 Å². The summed E-state index contributed by atoms with van der Waals surface area (Å²) < 4.78 is 13.2. The number of nitrogens with two attached hydrogens (primary N) is 1. The SMILES string of the molecule is CN(Cc1cc(F)ccc1Cl)c1cc(Cl)ccc1N. The molecule has 0 radical (unpaired) electrons. The quantitative estimate of drug-likeness (QED) is 0.854. The van der Waals surface area contributed by atoms with Gasteiger partial charge < -0.3 is 10.6 Å². The van der Waals surface area contributed by atoms with E-state index in [1.807, 2.05) is 11.9 Å². The van der Waals surface area contributed by atoms with Crippen LogP contribution in [0.3, 0.4) is 0 Å². The number of benzene rings is 2. The fourth-order valence-corrected chi connectivity index (χ4v) is 2.20. The van der Waals surface area contributed by atoms with Crippen LogP contribution in [-0.2, 0) is 6.54 Å². The van der Waals surface area contributed by atoms with Crippen molar-refractivity contribution >= 4 is 34.6 Å². The van der Waals surface area contributed by atoms with Gasteiger partial charge in [0.05, 0.1) is 11.4 Å². The lowest BCUT2D eigenvalue weighted by molar-refractivity contribution is 0.625. The monoisotopic (exact) mass is 298 g/mol. The maximum atomic E-state index is 13.2. The number of halogens is 3. The highest BCUT2D eigenvalue weighted by atomic mass is 35.5. The second-order valence-corrected chi connectivity index (χ2v) is 5.14. The number of anilines is 2. The van der Waals surface area contributed by atoms with Crippen LogP contribution in [0.1, 0.15) is 5.56 Å². The molecule has 5 heteroatoms. The van der Waals surface area contributed by atoms with E-state index < -0.39 is 0 Å². The molecule has 100 valence electrons. The van der Waals surface area contributed by atoms with Crippen LogP contribution in [0.4, 0.5) is 15.8 Å². The van der Waals surface area contributed by atoms with Gasteiger partial charge in [0.15, 0.2) is 0 Å². The van der Waals surface area contributed by atoms with Gasteiger partial charge in [-0.1, -0.05) is 23.2 Å². The molecule has 0 atom stereocenters. The Morgan fingerprint density at radius 2 is 1.89 bits per heavy atom. The lowest BCUT2D eigenvalue weighted by atomic mass is 10.2. The molecule has 2 rings (SSSR count). The lowest BCUT2D eigenvalue weighted by Crippen LogP contribution is -2.18. The summed E-state index contributed by atoms with van der Waals surface area (Å²) >= 11 is 12.0. The molecule has 2 N–H and O–H groups in total. The summed E-state index contributed by atoms with van der Waals surface area (Å²) in [6, 6.07) is 9.52. The first-order valence-electron chi connectivity index (χ1n) is 5.67. The van der Waals surface area contributed by atoms with Gasteiger partial charge in [-0.05, 0) is 42.0 Å². The van der Waals surface area contributed by atoms with Crippen molar-refractivity contribution in [3.05, 3.63) is 57.8 Å². The molecule has 19 heavy (non-hydrogen) atoms. The molecule has 2 aromatic rings. The Hall–Kier alpha value is -1.45. The van der Waals surface area contributed by atoms with Crippen LogP contribution in [0.2, 0.25) is 10.0 Å². The van der Waals surface area contributed by atoms with Crippen molar-refractivity contribution in [3.8, 4) is 0 Å². The Morgan fingerprint density at radius 3 is 2.63 bits per heavy atom. The van der Waals surface area contributed by atoms with Gasteiger partial charge in [-0.3, -0.25) is 0 Å². The molecule has 0 aliphatic rings. The standard InChI is InChI=1S/C14H13Cl2FN2/c1-19(14-7-10(15)2-5-13(14)18)8-9-6-11(17)3-4-12(9)16/h2-7H,8,18H2,1H3. The third kappa shape index (κ3) is 3.31. The van der Waals surface area contributed by atoms with Gasteiger partial charge >= 0.3 is 0 Å². The van der Waals surface area contributed by atoms with Gasteiger partial charge in [0.25, 0.3) is 0 Å². The molecule has 2 aromatic carbocycles. The summed E-state index contributed by atoms with van der Waals surface area (Å²) in [4.78, 5) is 1.88. The third-order valence-corrected chi connectivity index (χ3v) is 3.42. The van der Waals surface area contributed by atoms with Gasteiger partial charge in [0.1, 0.15) is 5.82 Å². The van der Waals surface area contributed by atoms with E-state index in [0.717, 1.165) is 5.69 Å². The minimum absolute atomic E-state index is 0.313. The smallest absolute Gasteiger partial charge is 0.123 e. The maximum Gasteiger partial charge on any atom is 0.123 e. The van der Waals surface area contributed by atoms with Crippen molar-refractivity contribution in [3.63, 3.8) is 0 Å². The Labute approximate surface area is 121 Å². The molecular weight excluding hydrogens is 286 g/mol. The minimum Gasteiger partial charge on any atom is -0.397 e. The van der Waals surface area contributed by atoms with E-state index in [1.54, 1.807) is 24.3 Å². The number of nitrogens with zero attached hydrogens (tertiary/aromatic N) is 1. The molecule has 0 aromatic heterocycles. The molecule has 0 aliphatic carbocycles. The van der Waals surface area contributed by atoms with E-state index in [4.69, 9.17) is 28.9 Å². The number of hydrogen-bond donors (Lipinski definition) is 1. The second kappa shape index (κ2) is 5.68. The van der Waals surface area contributed by atoms with Gasteiger partial charge in [-0.25, -0.2) is 4.39 Å². The fourth-order valence-electron chi connectivity index (χ4n) is 1.85. The van der Waals surface area contributed by atoms with Crippen molar-refractivity contribution < 1.29 is 4.39 Å². The molecule has 0 amide bonds. The van der Waals surface area contributed by atoms with Crippen molar-refractivity contribution in [2.75, 3.05) is 17.7 Å². The first-order valence-corrected chi connectivity index (χ1v) is 6.43. The fraction of sp³-hybridized carbons (Fsp3) is 0.143. The summed E-state index contributed by atoms with van der Waals surface area (Å²) in [6.07, 6.45) is 0. The van der Waals surface area contributed by atoms with E-state index >= 15 is 0 Å². The van der Waals surface area contributed by atoms with E-state index in [0.29, 0.717) is 27.8 Å². The van der Waals surface area contributed by atoms with Crippen molar-refractivity contribution in [1.82, 2.24) is 0 Å². The van der Waals surface area contributed by atoms with Gasteiger partial charge in [-0.2, -0.15) is 0 Å². The molecule has 0 unspecified atom stereocenters. The van der Waals surface area contributed by atoms with E-state index in [1.165, 1.54) is 12.1 Å². The van der Waals surface area contributed by atoms with Gasteiger partial charge in [0.2, 0.25) is 0 Å². The minimum atomic E-state index is -0.313. The second-order valence-electron chi connectivity index (χ2n) is 4.29. The van der Waals surface area contributed by atoms with Crippen LogP contribution in [0.25, 0.3) is 0 Å². The molecule has 0 saturated carbocycles. The highest BCUT2D eigenvalue weighted by Crippen LogP contribution is 2.28. The molecule has 0 spiro atoms. The lowest BCUT2D eigenvalue weighted by Gasteiger charge is -2.22. The zero-order valence-corrected chi connectivity index (χ0v) is 11.8. The number of rotatable bonds is 3. The Kier molecular flexibility index (Phi) is 4.17. The summed E-state index contributed by atoms with van der Waals surface area (Å²) in [6.45, 7) is 0.446. The molecule has 0 aliphatic heterocycles. The topological polar surface area (TPSA) is 29.3 Å². The summed E-state index contributed by atoms with van der Waals surface area (Å²) in [5.41, 5.74) is 8.00. The third-order valence-electron chi connectivity index (χ3n) is 2.82. The van der Waals surface area contributed by atoms with Gasteiger partial charge in [-0.15, -0.1) is 0 Å². The average Bonchev–Trinajstić information content (AvgIpc) is 2.36. The van der Waals surface area contributed by atoms with Crippen LogP contribution in [-0.4, -0.2) is 7.05 Å². The van der Waals surface area contributed by atoms with Gasteiger partial charge in [0, 0.05) is 23.6 Å². The normalized spacial score (nSPS) is 10.5. The van der Waals surface area contributed by atoms with E-state index in [-0.39, 0.29) is 5.82 Å². The Bertz CT molecular complexity index is 602. The molecule has 0 bridgehead atoms. The maximum absolute atomic E-state index is 13.2. The van der Waals surface area contributed by atoms with Crippen LogP contribution < -0.4 is 10.6 Å². The predicted molar refractivity (Wildman–Crippen MR) is 79.4 cm³/mol. The Morgan fingerprint density at radius 1 is 1.16 bits per heavy atom. The van der Waals surface area contributed by atoms with Crippen LogP contribution in [0.5, 0.6) is 0 Å². The van der Waals surface area contributed by atoms with E-state index in [9.17, 15) is 4.39 Å². The molecule has 0 saturated heterocycles. The average molecular weight is 299 g/mol. The van der Waals surface area contributed by atoms with Crippen LogP contribution in [0.15, 0.2) is 36.4 Å². The molecule has 0 heterocycles. The van der Waals surface area contributed by atoms with Crippen molar-refractivity contribution in [1.29, 1.82) is 0 Å². The van der Waals surface area contributed by atoms with Crippen LogP contribution in [0, 0.1) is 5.82 Å². The molecular formula is C14H13Cl2FN2. The van der Waals surface area contributed by atoms with Crippen molar-refractivity contribution in [2.24, 2.45) is 0 Å². The summed E-state index contributed by atoms with van der Waals surface area (Å²) in [7, 11) is 1.85. The molecule has 0 fully saturated rings. The first kappa shape index (κ1) is 14.0. The first-order chi connectivity index (χ1) is 8.97. The number of hydrogen-bond acceptors (Lipinski definition) is 2. The highest BCUT2D eigenvalue weighted by Gasteiger charge is 2.10. The zero-order valence-electron chi connectivity index (χ0n) is 10.3.